The number of hydrogen-bond acceptors (Lipinski definition) is 5. The average Bonchev–Trinajstić information content (AvgIpc) is 2.46. The molecule has 2 rings (SSSR count). The Bertz CT molecular complexity index is 717. The van der Waals surface area contributed by atoms with Gasteiger partial charge in [-0.3, -0.25) is 0 Å². The number of ether oxygens (including phenoxy) is 2. The van der Waals surface area contributed by atoms with Crippen molar-refractivity contribution in [3.63, 3.8) is 0 Å². The van der Waals surface area contributed by atoms with Gasteiger partial charge in [-0.05, 0) is 45.0 Å². The summed E-state index contributed by atoms with van der Waals surface area (Å²) in [6.45, 7) is 5.37. The van der Waals surface area contributed by atoms with Crippen LogP contribution in [0.4, 0.5) is 0 Å². The number of rotatable bonds is 4. The van der Waals surface area contributed by atoms with Crippen LogP contribution < -0.4 is 4.74 Å². The van der Waals surface area contributed by atoms with E-state index in [1.165, 1.54) is 18.3 Å². The van der Waals surface area contributed by atoms with E-state index in [9.17, 15) is 9.59 Å². The van der Waals surface area contributed by atoms with Gasteiger partial charge in [-0.1, -0.05) is 6.07 Å². The molecular formula is C17H17NO5. The van der Waals surface area contributed by atoms with Gasteiger partial charge in [0.2, 0.25) is 5.88 Å². The number of hydrogen-bond donors (Lipinski definition) is 1. The largest absolute Gasteiger partial charge is 0.478 e. The molecule has 6 heteroatoms. The zero-order chi connectivity index (χ0) is 17.0. The molecule has 0 radical (unpaired) electrons. The summed E-state index contributed by atoms with van der Waals surface area (Å²) in [5.74, 6) is -0.867. The predicted molar refractivity (Wildman–Crippen MR) is 82.9 cm³/mol. The minimum absolute atomic E-state index is 0.0693. The van der Waals surface area contributed by atoms with E-state index >= 15 is 0 Å². The number of aromatic carboxylic acids is 1. The van der Waals surface area contributed by atoms with Gasteiger partial charge < -0.3 is 14.6 Å². The Kier molecular flexibility index (Phi) is 4.64. The van der Waals surface area contributed by atoms with Crippen LogP contribution in [0, 0.1) is 0 Å². The van der Waals surface area contributed by atoms with E-state index in [1.54, 1.807) is 45.0 Å². The normalized spacial score (nSPS) is 10.9. The summed E-state index contributed by atoms with van der Waals surface area (Å²) in [4.78, 5) is 26.7. The second-order valence-corrected chi connectivity index (χ2v) is 5.82. The van der Waals surface area contributed by atoms with Gasteiger partial charge >= 0.3 is 11.9 Å². The Morgan fingerprint density at radius 2 is 1.83 bits per heavy atom. The summed E-state index contributed by atoms with van der Waals surface area (Å²) in [5, 5.41) is 8.82. The van der Waals surface area contributed by atoms with Crippen molar-refractivity contribution in [1.29, 1.82) is 0 Å². The van der Waals surface area contributed by atoms with Crippen LogP contribution in [0.2, 0.25) is 0 Å². The van der Waals surface area contributed by atoms with Crippen LogP contribution in [0.15, 0.2) is 42.6 Å². The van der Waals surface area contributed by atoms with Crippen LogP contribution in [-0.2, 0) is 4.74 Å². The highest BCUT2D eigenvalue weighted by Gasteiger charge is 2.18. The lowest BCUT2D eigenvalue weighted by Gasteiger charge is -2.19. The van der Waals surface area contributed by atoms with Crippen LogP contribution in [0.1, 0.15) is 41.5 Å². The Morgan fingerprint density at radius 3 is 2.39 bits per heavy atom. The fraction of sp³-hybridized carbons (Fsp3) is 0.235. The van der Waals surface area contributed by atoms with Crippen molar-refractivity contribution in [2.75, 3.05) is 0 Å². The SMILES string of the molecule is CC(C)(C)OC(=O)c1cccc(Oc2ccc(C(=O)O)cn2)c1. The standard InChI is InChI=1S/C17H17NO5/c1-17(2,3)23-16(21)11-5-4-6-13(9-11)22-14-8-7-12(10-18-14)15(19)20/h4-10H,1-3H3,(H,19,20). The molecule has 0 aliphatic heterocycles. The maximum atomic E-state index is 12.0. The van der Waals surface area contributed by atoms with Gasteiger partial charge in [-0.15, -0.1) is 0 Å². The van der Waals surface area contributed by atoms with Crippen molar-refractivity contribution < 1.29 is 24.2 Å². The topological polar surface area (TPSA) is 85.7 Å². The summed E-state index contributed by atoms with van der Waals surface area (Å²) < 4.78 is 10.8. The zero-order valence-electron chi connectivity index (χ0n) is 13.1. The lowest BCUT2D eigenvalue weighted by Crippen LogP contribution is -2.23. The van der Waals surface area contributed by atoms with Crippen LogP contribution in [0.3, 0.4) is 0 Å². The molecule has 6 nitrogen and oxygen atoms in total. The Balaban J connectivity index is 2.13. The Labute approximate surface area is 133 Å². The van der Waals surface area contributed by atoms with Crippen molar-refractivity contribution in [1.82, 2.24) is 4.98 Å². The number of pyridine rings is 1. The van der Waals surface area contributed by atoms with Crippen LogP contribution in [0.25, 0.3) is 0 Å². The number of nitrogens with zero attached hydrogens (tertiary/aromatic N) is 1. The number of carboxylic acids is 1. The van der Waals surface area contributed by atoms with E-state index in [4.69, 9.17) is 14.6 Å². The molecule has 0 atom stereocenters. The minimum atomic E-state index is -1.06. The van der Waals surface area contributed by atoms with Gasteiger partial charge in [0, 0.05) is 12.3 Å². The highest BCUT2D eigenvalue weighted by molar-refractivity contribution is 5.90. The number of carbonyl (C=O) groups is 2. The first-order chi connectivity index (χ1) is 10.7. The van der Waals surface area contributed by atoms with E-state index in [2.05, 4.69) is 4.98 Å². The molecule has 120 valence electrons. The van der Waals surface area contributed by atoms with Crippen molar-refractivity contribution in [3.05, 3.63) is 53.7 Å². The highest BCUT2D eigenvalue weighted by atomic mass is 16.6. The van der Waals surface area contributed by atoms with Gasteiger partial charge in [0.05, 0.1) is 11.1 Å². The molecule has 0 spiro atoms. The summed E-state index contributed by atoms with van der Waals surface area (Å²) >= 11 is 0. The smallest absolute Gasteiger partial charge is 0.338 e. The summed E-state index contributed by atoms with van der Waals surface area (Å²) in [7, 11) is 0. The van der Waals surface area contributed by atoms with E-state index in [1.807, 2.05) is 0 Å². The molecule has 0 saturated heterocycles. The van der Waals surface area contributed by atoms with Crippen molar-refractivity contribution in [2.45, 2.75) is 26.4 Å². The molecule has 2 aromatic rings. The van der Waals surface area contributed by atoms with Crippen LogP contribution in [-0.4, -0.2) is 27.6 Å². The van der Waals surface area contributed by atoms with Crippen molar-refractivity contribution >= 4 is 11.9 Å². The third kappa shape index (κ3) is 4.81. The molecule has 0 amide bonds. The van der Waals surface area contributed by atoms with Crippen molar-refractivity contribution in [2.24, 2.45) is 0 Å². The van der Waals surface area contributed by atoms with E-state index in [0.717, 1.165) is 0 Å². The van der Waals surface area contributed by atoms with Crippen LogP contribution in [0.5, 0.6) is 11.6 Å². The van der Waals surface area contributed by atoms with Gasteiger partial charge in [0.15, 0.2) is 0 Å². The van der Waals surface area contributed by atoms with E-state index < -0.39 is 17.5 Å². The second-order valence-electron chi connectivity index (χ2n) is 5.82. The summed E-state index contributed by atoms with van der Waals surface area (Å²) in [6.07, 6.45) is 1.20. The monoisotopic (exact) mass is 315 g/mol. The molecular weight excluding hydrogens is 298 g/mol. The number of esters is 1. The first kappa shape index (κ1) is 16.5. The van der Waals surface area contributed by atoms with Crippen LogP contribution >= 0.6 is 0 Å². The number of benzene rings is 1. The average molecular weight is 315 g/mol. The highest BCUT2D eigenvalue weighted by Crippen LogP contribution is 2.22. The first-order valence-corrected chi connectivity index (χ1v) is 6.95. The lowest BCUT2D eigenvalue weighted by molar-refractivity contribution is 0.00690. The fourth-order valence-electron chi connectivity index (χ4n) is 1.71. The predicted octanol–water partition coefficient (Wildman–Crippen LogP) is 3.53. The van der Waals surface area contributed by atoms with E-state index in [0.29, 0.717) is 11.3 Å². The molecule has 1 heterocycles. The molecule has 0 saturated carbocycles. The molecule has 1 aromatic heterocycles. The van der Waals surface area contributed by atoms with Gasteiger partial charge in [-0.2, -0.15) is 0 Å². The molecule has 1 aromatic carbocycles. The van der Waals surface area contributed by atoms with Gasteiger partial charge in [0.1, 0.15) is 11.4 Å². The number of aromatic nitrogens is 1. The molecule has 0 aliphatic carbocycles. The molecule has 0 unspecified atom stereocenters. The lowest BCUT2D eigenvalue weighted by atomic mass is 10.1. The molecule has 1 N–H and O–H groups in total. The maximum absolute atomic E-state index is 12.0. The fourth-order valence-corrected chi connectivity index (χ4v) is 1.71. The third-order valence-corrected chi connectivity index (χ3v) is 2.67. The number of carbonyl (C=O) groups excluding carboxylic acids is 1. The van der Waals surface area contributed by atoms with Gasteiger partial charge in [-0.25, -0.2) is 14.6 Å². The Hall–Kier alpha value is -2.89. The van der Waals surface area contributed by atoms with Gasteiger partial charge in [0.25, 0.3) is 0 Å². The van der Waals surface area contributed by atoms with Crippen molar-refractivity contribution in [3.8, 4) is 11.6 Å². The van der Waals surface area contributed by atoms with E-state index in [-0.39, 0.29) is 11.4 Å². The Morgan fingerprint density at radius 1 is 1.09 bits per heavy atom. The molecule has 0 bridgehead atoms. The quantitative estimate of drug-likeness (QED) is 0.869. The zero-order valence-corrected chi connectivity index (χ0v) is 13.1. The first-order valence-electron chi connectivity index (χ1n) is 6.95. The third-order valence-electron chi connectivity index (χ3n) is 2.67. The molecule has 0 fully saturated rings. The maximum Gasteiger partial charge on any atom is 0.338 e. The molecule has 23 heavy (non-hydrogen) atoms. The summed E-state index contributed by atoms with van der Waals surface area (Å²) in [6, 6.07) is 9.34. The molecule has 0 aliphatic rings. The summed E-state index contributed by atoms with van der Waals surface area (Å²) in [5.41, 5.74) is -0.151. The minimum Gasteiger partial charge on any atom is -0.478 e. The second kappa shape index (κ2) is 6.48. The number of carboxylic acid groups (broad SMARTS) is 1.